The lowest BCUT2D eigenvalue weighted by Gasteiger charge is -2.14. The van der Waals surface area contributed by atoms with Crippen LogP contribution in [0.2, 0.25) is 0 Å². The van der Waals surface area contributed by atoms with Crippen LogP contribution >= 0.6 is 11.3 Å². The number of thiophene rings is 1. The molecule has 0 spiro atoms. The van der Waals surface area contributed by atoms with Crippen molar-refractivity contribution in [2.24, 2.45) is 5.73 Å². The van der Waals surface area contributed by atoms with Crippen molar-refractivity contribution in [3.8, 4) is 0 Å². The Labute approximate surface area is 114 Å². The van der Waals surface area contributed by atoms with Crippen LogP contribution in [0.25, 0.3) is 10.2 Å². The zero-order valence-electron chi connectivity index (χ0n) is 10.8. The number of nitrogens with two attached hydrogens (primary N) is 1. The van der Waals surface area contributed by atoms with Gasteiger partial charge in [-0.25, -0.2) is 4.98 Å². The van der Waals surface area contributed by atoms with E-state index in [1.54, 1.807) is 13.0 Å². The molecule has 2 heterocycles. The Morgan fingerprint density at radius 1 is 1.63 bits per heavy atom. The normalized spacial score (nSPS) is 12.6. The first kappa shape index (κ1) is 13.7. The monoisotopic (exact) mass is 280 g/mol. The van der Waals surface area contributed by atoms with Gasteiger partial charge in [-0.3, -0.25) is 14.2 Å². The number of carbonyl (C=O) groups is 1. The van der Waals surface area contributed by atoms with E-state index in [1.807, 2.05) is 6.92 Å². The van der Waals surface area contributed by atoms with Crippen LogP contribution in [-0.2, 0) is 4.79 Å². The summed E-state index contributed by atoms with van der Waals surface area (Å²) in [5.74, 6) is -0.236. The van der Waals surface area contributed by atoms with Crippen LogP contribution in [0.3, 0.4) is 0 Å². The molecule has 2 aromatic rings. The molecule has 0 aliphatic carbocycles. The minimum atomic E-state index is -0.601. The van der Waals surface area contributed by atoms with Gasteiger partial charge in [0.1, 0.15) is 10.9 Å². The maximum Gasteiger partial charge on any atom is 0.262 e. The van der Waals surface area contributed by atoms with Gasteiger partial charge in [0, 0.05) is 18.0 Å². The average molecular weight is 280 g/mol. The topological polar surface area (TPSA) is 90.0 Å². The third-order valence-corrected chi connectivity index (χ3v) is 3.80. The van der Waals surface area contributed by atoms with Gasteiger partial charge in [-0.1, -0.05) is 0 Å². The SMILES string of the molecule is Cc1cc2c(=O)n(C(C)C(=O)NCCN)cnc2s1. The molecule has 102 valence electrons. The number of fused-ring (bicyclic) bond motifs is 1. The second-order valence-corrected chi connectivity index (χ2v) is 5.52. The number of nitrogens with one attached hydrogen (secondary N) is 1. The van der Waals surface area contributed by atoms with Gasteiger partial charge in [-0.05, 0) is 19.9 Å². The number of hydrogen-bond acceptors (Lipinski definition) is 5. The number of aryl methyl sites for hydroxylation is 1. The summed E-state index contributed by atoms with van der Waals surface area (Å²) < 4.78 is 1.35. The zero-order chi connectivity index (χ0) is 14.0. The first-order chi connectivity index (χ1) is 9.04. The molecule has 0 aliphatic rings. The Bertz CT molecular complexity index is 661. The number of hydrogen-bond donors (Lipinski definition) is 2. The number of carbonyl (C=O) groups excluding carboxylic acids is 1. The van der Waals surface area contributed by atoms with Crippen molar-refractivity contribution < 1.29 is 4.79 Å². The van der Waals surface area contributed by atoms with Crippen molar-refractivity contribution in [2.45, 2.75) is 19.9 Å². The highest BCUT2D eigenvalue weighted by atomic mass is 32.1. The second kappa shape index (κ2) is 5.50. The van der Waals surface area contributed by atoms with Crippen molar-refractivity contribution in [3.63, 3.8) is 0 Å². The lowest BCUT2D eigenvalue weighted by atomic mass is 10.3. The quantitative estimate of drug-likeness (QED) is 0.848. The van der Waals surface area contributed by atoms with Crippen molar-refractivity contribution >= 4 is 27.5 Å². The van der Waals surface area contributed by atoms with E-state index in [1.165, 1.54) is 22.2 Å². The summed E-state index contributed by atoms with van der Waals surface area (Å²) in [4.78, 5) is 30.1. The van der Waals surface area contributed by atoms with Crippen LogP contribution in [0.4, 0.5) is 0 Å². The molecule has 0 fully saturated rings. The highest BCUT2D eigenvalue weighted by molar-refractivity contribution is 7.18. The van der Waals surface area contributed by atoms with E-state index in [0.29, 0.717) is 23.3 Å². The molecule has 19 heavy (non-hydrogen) atoms. The lowest BCUT2D eigenvalue weighted by molar-refractivity contribution is -0.123. The molecule has 2 rings (SSSR count). The van der Waals surface area contributed by atoms with Gasteiger partial charge in [0.25, 0.3) is 5.56 Å². The summed E-state index contributed by atoms with van der Waals surface area (Å²) in [5, 5.41) is 3.22. The molecular weight excluding hydrogens is 264 g/mol. The van der Waals surface area contributed by atoms with E-state index in [4.69, 9.17) is 5.73 Å². The summed E-state index contributed by atoms with van der Waals surface area (Å²) in [6.45, 7) is 4.35. The molecule has 1 unspecified atom stereocenters. The van der Waals surface area contributed by atoms with Crippen LogP contribution in [-0.4, -0.2) is 28.5 Å². The Hall–Kier alpha value is -1.73. The van der Waals surface area contributed by atoms with E-state index in [2.05, 4.69) is 10.3 Å². The molecule has 0 bridgehead atoms. The molecule has 0 saturated carbocycles. The van der Waals surface area contributed by atoms with Crippen molar-refractivity contribution in [1.82, 2.24) is 14.9 Å². The van der Waals surface area contributed by atoms with Gasteiger partial charge >= 0.3 is 0 Å². The van der Waals surface area contributed by atoms with E-state index in [9.17, 15) is 9.59 Å². The van der Waals surface area contributed by atoms with E-state index < -0.39 is 6.04 Å². The molecule has 1 atom stereocenters. The largest absolute Gasteiger partial charge is 0.353 e. The maximum absolute atomic E-state index is 12.3. The van der Waals surface area contributed by atoms with Crippen molar-refractivity contribution in [1.29, 1.82) is 0 Å². The van der Waals surface area contributed by atoms with Gasteiger partial charge < -0.3 is 11.1 Å². The third-order valence-electron chi connectivity index (χ3n) is 2.84. The Morgan fingerprint density at radius 3 is 3.05 bits per heavy atom. The fourth-order valence-corrected chi connectivity index (χ4v) is 2.64. The number of nitrogens with zero attached hydrogens (tertiary/aromatic N) is 2. The van der Waals surface area contributed by atoms with Crippen LogP contribution in [0.5, 0.6) is 0 Å². The van der Waals surface area contributed by atoms with E-state index in [-0.39, 0.29) is 11.5 Å². The molecule has 3 N–H and O–H groups in total. The third kappa shape index (κ3) is 2.66. The zero-order valence-corrected chi connectivity index (χ0v) is 11.7. The summed E-state index contributed by atoms with van der Waals surface area (Å²) >= 11 is 1.47. The second-order valence-electron chi connectivity index (χ2n) is 4.29. The Kier molecular flexibility index (Phi) is 3.96. The molecular formula is C12H16N4O2S. The van der Waals surface area contributed by atoms with Crippen LogP contribution in [0, 0.1) is 6.92 Å². The summed E-state index contributed by atoms with van der Waals surface area (Å²) in [5.41, 5.74) is 5.14. The van der Waals surface area contributed by atoms with Crippen LogP contribution in [0.1, 0.15) is 17.8 Å². The molecule has 6 nitrogen and oxygen atoms in total. The van der Waals surface area contributed by atoms with Crippen molar-refractivity contribution in [2.75, 3.05) is 13.1 Å². The molecule has 7 heteroatoms. The van der Waals surface area contributed by atoms with Gasteiger partial charge in [0.2, 0.25) is 5.91 Å². The smallest absolute Gasteiger partial charge is 0.262 e. The summed E-state index contributed by atoms with van der Waals surface area (Å²) in [7, 11) is 0. The standard InChI is InChI=1S/C12H16N4O2S/c1-7-5-9-11(19-7)15-6-16(12(9)18)8(2)10(17)14-4-3-13/h5-6,8H,3-4,13H2,1-2H3,(H,14,17). The molecule has 2 aromatic heterocycles. The number of amides is 1. The highest BCUT2D eigenvalue weighted by Gasteiger charge is 2.17. The average Bonchev–Trinajstić information content (AvgIpc) is 2.77. The first-order valence-electron chi connectivity index (χ1n) is 5.99. The van der Waals surface area contributed by atoms with Crippen LogP contribution in [0.15, 0.2) is 17.2 Å². The molecule has 0 radical (unpaired) electrons. The molecule has 0 aliphatic heterocycles. The summed E-state index contributed by atoms with van der Waals surface area (Å²) in [6, 6.07) is 1.20. The predicted octanol–water partition coefficient (Wildman–Crippen LogP) is 0.402. The minimum Gasteiger partial charge on any atom is -0.353 e. The van der Waals surface area contributed by atoms with Gasteiger partial charge in [-0.2, -0.15) is 0 Å². The van der Waals surface area contributed by atoms with E-state index in [0.717, 1.165) is 4.88 Å². The fourth-order valence-electron chi connectivity index (χ4n) is 1.80. The van der Waals surface area contributed by atoms with Crippen molar-refractivity contribution in [3.05, 3.63) is 27.6 Å². The Balaban J connectivity index is 2.37. The minimum absolute atomic E-state index is 0.190. The maximum atomic E-state index is 12.3. The summed E-state index contributed by atoms with van der Waals surface area (Å²) in [6.07, 6.45) is 1.42. The Morgan fingerprint density at radius 2 is 2.37 bits per heavy atom. The highest BCUT2D eigenvalue weighted by Crippen LogP contribution is 2.20. The molecule has 1 amide bonds. The fraction of sp³-hybridized carbons (Fsp3) is 0.417. The van der Waals surface area contributed by atoms with E-state index >= 15 is 0 Å². The lowest BCUT2D eigenvalue weighted by Crippen LogP contribution is -2.37. The molecule has 0 aromatic carbocycles. The number of rotatable bonds is 4. The molecule has 0 saturated heterocycles. The van der Waals surface area contributed by atoms with Gasteiger partial charge in [0.05, 0.1) is 11.7 Å². The number of aromatic nitrogens is 2. The predicted molar refractivity (Wildman–Crippen MR) is 75.4 cm³/mol. The first-order valence-corrected chi connectivity index (χ1v) is 6.81. The van der Waals surface area contributed by atoms with Gasteiger partial charge in [0.15, 0.2) is 0 Å². The van der Waals surface area contributed by atoms with Gasteiger partial charge in [-0.15, -0.1) is 11.3 Å². The van der Waals surface area contributed by atoms with Crippen LogP contribution < -0.4 is 16.6 Å².